The zero-order chi connectivity index (χ0) is 4.41. The molecule has 1 rings (SSSR count). The number of nitrogens with zero attached hydrogens (tertiary/aromatic N) is 1. The summed E-state index contributed by atoms with van der Waals surface area (Å²) >= 11 is 0. The van der Waals surface area contributed by atoms with Gasteiger partial charge in [0.15, 0.2) is 0 Å². The normalized spacial score (nSPS) is 19.7. The second kappa shape index (κ2) is 1.20. The van der Waals surface area contributed by atoms with Gasteiger partial charge in [-0.15, -0.1) is 0 Å². The van der Waals surface area contributed by atoms with Crippen molar-refractivity contribution in [2.24, 2.45) is 0 Å². The molecule has 1 aliphatic rings. The average Bonchev–Trinajstić information content (AvgIpc) is 1.86. The smallest absolute Gasteiger partial charge is 0.112 e. The van der Waals surface area contributed by atoms with Gasteiger partial charge < -0.3 is 5.11 Å². The van der Waals surface area contributed by atoms with Gasteiger partial charge in [0.05, 0.1) is 6.20 Å². The Labute approximate surface area is 36.5 Å². The molecule has 2 heteroatoms. The van der Waals surface area contributed by atoms with Crippen molar-refractivity contribution in [3.8, 4) is 0 Å². The van der Waals surface area contributed by atoms with Crippen LogP contribution in [0.15, 0.2) is 12.0 Å². The summed E-state index contributed by atoms with van der Waals surface area (Å²) in [6, 6.07) is 0. The lowest BCUT2D eigenvalue weighted by Gasteiger charge is -1.77. The molecule has 1 radical (unpaired) electrons. The number of rotatable bonds is 0. The molecular weight excluding hydrogens is 78.0 g/mol. The molecule has 33 valence electrons. The number of hydrogen-bond acceptors (Lipinski definition) is 1. The second-order valence-corrected chi connectivity index (χ2v) is 1.28. The van der Waals surface area contributed by atoms with Crippen LogP contribution in [0.25, 0.3) is 0 Å². The molecular formula is C4H6NO. The Morgan fingerprint density at radius 3 is 2.83 bits per heavy atom. The number of aliphatic hydroxyl groups is 1. The molecule has 0 saturated carbocycles. The van der Waals surface area contributed by atoms with Crippen LogP contribution < -0.4 is 5.32 Å². The van der Waals surface area contributed by atoms with Crippen LogP contribution in [0, 0.1) is 0 Å². The zero-order valence-corrected chi connectivity index (χ0v) is 3.39. The first-order valence-corrected chi connectivity index (χ1v) is 1.94. The summed E-state index contributed by atoms with van der Waals surface area (Å²) in [4.78, 5) is 0. The Morgan fingerprint density at radius 1 is 1.83 bits per heavy atom. The van der Waals surface area contributed by atoms with E-state index in [2.05, 4.69) is 5.32 Å². The fourth-order valence-electron chi connectivity index (χ4n) is 0.414. The molecule has 0 saturated heterocycles. The van der Waals surface area contributed by atoms with E-state index < -0.39 is 0 Å². The quantitative estimate of drug-likeness (QED) is 0.452. The van der Waals surface area contributed by atoms with Gasteiger partial charge in [-0.25, -0.2) is 0 Å². The molecule has 0 atom stereocenters. The first-order valence-electron chi connectivity index (χ1n) is 1.94. The molecule has 1 heterocycles. The summed E-state index contributed by atoms with van der Waals surface area (Å²) in [5, 5.41) is 12.2. The first-order chi connectivity index (χ1) is 2.89. The van der Waals surface area contributed by atoms with Crippen molar-refractivity contribution in [3.05, 3.63) is 12.0 Å². The van der Waals surface area contributed by atoms with Crippen molar-refractivity contribution in [3.63, 3.8) is 0 Å². The Balaban J connectivity index is 2.45. The number of hydrogen-bond donors (Lipinski definition) is 1. The summed E-state index contributed by atoms with van der Waals surface area (Å²) in [5.41, 5.74) is 0. The third kappa shape index (κ3) is 0.455. The zero-order valence-electron chi connectivity index (χ0n) is 3.39. The molecule has 0 aromatic heterocycles. The van der Waals surface area contributed by atoms with E-state index in [1.165, 1.54) is 6.20 Å². The van der Waals surface area contributed by atoms with Gasteiger partial charge in [0.2, 0.25) is 0 Å². The van der Waals surface area contributed by atoms with Crippen molar-refractivity contribution in [1.29, 1.82) is 0 Å². The van der Waals surface area contributed by atoms with Crippen LogP contribution in [0.1, 0.15) is 6.42 Å². The average molecular weight is 84.1 g/mol. The third-order valence-electron chi connectivity index (χ3n) is 0.737. The molecule has 0 fully saturated rings. The van der Waals surface area contributed by atoms with Crippen LogP contribution in [0.2, 0.25) is 0 Å². The predicted octanol–water partition coefficient (Wildman–Crippen LogP) is 0.394. The Hall–Kier alpha value is -0.660. The molecule has 1 aliphatic heterocycles. The second-order valence-electron chi connectivity index (χ2n) is 1.28. The van der Waals surface area contributed by atoms with Crippen molar-refractivity contribution in [2.45, 2.75) is 6.42 Å². The van der Waals surface area contributed by atoms with Crippen molar-refractivity contribution >= 4 is 0 Å². The highest BCUT2D eigenvalue weighted by Gasteiger charge is 1.98. The van der Waals surface area contributed by atoms with Gasteiger partial charge in [0.1, 0.15) is 5.76 Å². The molecule has 1 N–H and O–H groups in total. The van der Waals surface area contributed by atoms with Crippen molar-refractivity contribution < 1.29 is 5.11 Å². The molecule has 0 unspecified atom stereocenters. The van der Waals surface area contributed by atoms with Crippen LogP contribution in [0.3, 0.4) is 0 Å². The SMILES string of the molecule is OC1=C[N]CC1. The standard InChI is InChI=1S/C4H6NO/c6-4-1-2-5-3-4/h3,6H,1-2H2. The largest absolute Gasteiger partial charge is 0.511 e. The van der Waals surface area contributed by atoms with E-state index in [1.807, 2.05) is 0 Å². The van der Waals surface area contributed by atoms with Crippen LogP contribution >= 0.6 is 0 Å². The van der Waals surface area contributed by atoms with Gasteiger partial charge in [0.25, 0.3) is 0 Å². The molecule has 0 aliphatic carbocycles. The van der Waals surface area contributed by atoms with Crippen molar-refractivity contribution in [1.82, 2.24) is 5.32 Å². The lowest BCUT2D eigenvalue weighted by Crippen LogP contribution is -1.86. The fourth-order valence-corrected chi connectivity index (χ4v) is 0.414. The molecule has 0 spiro atoms. The van der Waals surface area contributed by atoms with Gasteiger partial charge in [-0.3, -0.25) is 5.32 Å². The van der Waals surface area contributed by atoms with E-state index in [0.717, 1.165) is 13.0 Å². The fraction of sp³-hybridized carbons (Fsp3) is 0.500. The topological polar surface area (TPSA) is 34.3 Å². The lowest BCUT2D eigenvalue weighted by molar-refractivity contribution is 0.400. The number of aliphatic hydroxyl groups excluding tert-OH is 1. The van der Waals surface area contributed by atoms with Gasteiger partial charge in [-0.05, 0) is 0 Å². The van der Waals surface area contributed by atoms with Crippen LogP contribution in [0.5, 0.6) is 0 Å². The third-order valence-corrected chi connectivity index (χ3v) is 0.737. The van der Waals surface area contributed by atoms with Gasteiger partial charge >= 0.3 is 0 Å². The maximum Gasteiger partial charge on any atom is 0.112 e. The minimum absolute atomic E-state index is 0.412. The van der Waals surface area contributed by atoms with Crippen LogP contribution in [-0.4, -0.2) is 11.7 Å². The van der Waals surface area contributed by atoms with E-state index in [0.29, 0.717) is 5.76 Å². The highest BCUT2D eigenvalue weighted by atomic mass is 16.3. The van der Waals surface area contributed by atoms with Gasteiger partial charge in [0, 0.05) is 13.0 Å². The van der Waals surface area contributed by atoms with Crippen LogP contribution in [-0.2, 0) is 0 Å². The first kappa shape index (κ1) is 3.53. The Bertz CT molecular complexity index is 77.6. The molecule has 0 amide bonds. The van der Waals surface area contributed by atoms with Gasteiger partial charge in [-0.1, -0.05) is 0 Å². The van der Waals surface area contributed by atoms with E-state index in [-0.39, 0.29) is 0 Å². The summed E-state index contributed by atoms with van der Waals surface area (Å²) in [7, 11) is 0. The molecule has 2 nitrogen and oxygen atoms in total. The Kier molecular flexibility index (Phi) is 0.708. The van der Waals surface area contributed by atoms with Crippen LogP contribution in [0.4, 0.5) is 0 Å². The maximum absolute atomic E-state index is 8.50. The molecule has 0 aromatic carbocycles. The summed E-state index contributed by atoms with van der Waals surface area (Å²) < 4.78 is 0. The minimum Gasteiger partial charge on any atom is -0.511 e. The maximum atomic E-state index is 8.50. The lowest BCUT2D eigenvalue weighted by atomic mass is 10.4. The monoisotopic (exact) mass is 84.0 g/mol. The molecule has 6 heavy (non-hydrogen) atoms. The van der Waals surface area contributed by atoms with E-state index in [1.54, 1.807) is 0 Å². The van der Waals surface area contributed by atoms with Gasteiger partial charge in [-0.2, -0.15) is 0 Å². The highest BCUT2D eigenvalue weighted by molar-refractivity contribution is 4.95. The van der Waals surface area contributed by atoms with E-state index >= 15 is 0 Å². The highest BCUT2D eigenvalue weighted by Crippen LogP contribution is 1.99. The molecule has 0 aromatic rings. The summed E-state index contributed by atoms with van der Waals surface area (Å²) in [5.74, 6) is 0.412. The summed E-state index contributed by atoms with van der Waals surface area (Å²) in [6.45, 7) is 0.770. The Morgan fingerprint density at radius 2 is 2.67 bits per heavy atom. The summed E-state index contributed by atoms with van der Waals surface area (Å²) in [6.07, 6.45) is 2.24. The minimum atomic E-state index is 0.412. The van der Waals surface area contributed by atoms with E-state index in [9.17, 15) is 0 Å². The predicted molar refractivity (Wildman–Crippen MR) is 22.3 cm³/mol. The van der Waals surface area contributed by atoms with Crippen molar-refractivity contribution in [2.75, 3.05) is 6.54 Å². The molecule has 0 bridgehead atoms. The van der Waals surface area contributed by atoms with E-state index in [4.69, 9.17) is 5.11 Å².